The van der Waals surface area contributed by atoms with E-state index in [-0.39, 0.29) is 17.2 Å². The molecular formula is C14H20N2O2. The summed E-state index contributed by atoms with van der Waals surface area (Å²) in [6.45, 7) is 5.76. The van der Waals surface area contributed by atoms with Gasteiger partial charge in [0.15, 0.2) is 0 Å². The van der Waals surface area contributed by atoms with Crippen LogP contribution in [0.25, 0.3) is 0 Å². The number of nitrogens with one attached hydrogen (secondary N) is 2. The summed E-state index contributed by atoms with van der Waals surface area (Å²) in [6.07, 6.45) is 1.82. The highest BCUT2D eigenvalue weighted by atomic mass is 16.3. The predicted molar refractivity (Wildman–Crippen MR) is 70.8 cm³/mol. The molecule has 4 heteroatoms. The molecular weight excluding hydrogens is 228 g/mol. The summed E-state index contributed by atoms with van der Waals surface area (Å²) in [5.74, 6) is -0.151. The van der Waals surface area contributed by atoms with Crippen LogP contribution in [0.4, 0.5) is 0 Å². The first-order valence-corrected chi connectivity index (χ1v) is 6.33. The second kappa shape index (κ2) is 4.98. The number of hydrogen-bond donors (Lipinski definition) is 3. The van der Waals surface area contributed by atoms with Crippen LogP contribution in [0.1, 0.15) is 35.7 Å². The SMILES string of the molecule is Cc1ccc(C(=O)NC2(C)CCNCC2)c(O)c1. The third-order valence-electron chi connectivity index (χ3n) is 3.52. The first-order valence-electron chi connectivity index (χ1n) is 6.33. The third kappa shape index (κ3) is 2.82. The Bertz CT molecular complexity index is 451. The number of carbonyl (C=O) groups excluding carboxylic acids is 1. The van der Waals surface area contributed by atoms with Crippen molar-refractivity contribution in [3.8, 4) is 5.75 Å². The van der Waals surface area contributed by atoms with Crippen LogP contribution >= 0.6 is 0 Å². The zero-order valence-corrected chi connectivity index (χ0v) is 10.9. The van der Waals surface area contributed by atoms with E-state index in [1.54, 1.807) is 12.1 Å². The van der Waals surface area contributed by atoms with Crippen molar-refractivity contribution in [3.05, 3.63) is 29.3 Å². The summed E-state index contributed by atoms with van der Waals surface area (Å²) in [7, 11) is 0. The number of benzene rings is 1. The van der Waals surface area contributed by atoms with E-state index >= 15 is 0 Å². The van der Waals surface area contributed by atoms with Gasteiger partial charge in [-0.15, -0.1) is 0 Å². The van der Waals surface area contributed by atoms with Crippen molar-refractivity contribution in [2.24, 2.45) is 0 Å². The first-order chi connectivity index (χ1) is 8.50. The number of carbonyl (C=O) groups is 1. The van der Waals surface area contributed by atoms with Gasteiger partial charge in [-0.2, -0.15) is 0 Å². The number of hydrogen-bond acceptors (Lipinski definition) is 3. The lowest BCUT2D eigenvalue weighted by Gasteiger charge is -2.35. The molecule has 0 saturated carbocycles. The molecule has 0 spiro atoms. The number of amides is 1. The fourth-order valence-corrected chi connectivity index (χ4v) is 2.28. The second-order valence-electron chi connectivity index (χ2n) is 5.29. The highest BCUT2D eigenvalue weighted by molar-refractivity contribution is 5.97. The van der Waals surface area contributed by atoms with Crippen LogP contribution in [0.5, 0.6) is 5.75 Å². The molecule has 18 heavy (non-hydrogen) atoms. The number of aryl methyl sites for hydroxylation is 1. The zero-order valence-electron chi connectivity index (χ0n) is 10.9. The average molecular weight is 248 g/mol. The fourth-order valence-electron chi connectivity index (χ4n) is 2.28. The lowest BCUT2D eigenvalue weighted by atomic mass is 9.90. The van der Waals surface area contributed by atoms with Crippen LogP contribution in [0, 0.1) is 6.92 Å². The van der Waals surface area contributed by atoms with E-state index in [1.807, 2.05) is 13.0 Å². The Kier molecular flexibility index (Phi) is 3.57. The monoisotopic (exact) mass is 248 g/mol. The second-order valence-corrected chi connectivity index (χ2v) is 5.29. The predicted octanol–water partition coefficient (Wildman–Crippen LogP) is 1.57. The summed E-state index contributed by atoms with van der Waals surface area (Å²) in [4.78, 5) is 12.2. The highest BCUT2D eigenvalue weighted by Gasteiger charge is 2.29. The van der Waals surface area contributed by atoms with Crippen molar-refractivity contribution in [1.29, 1.82) is 0 Å². The van der Waals surface area contributed by atoms with E-state index in [4.69, 9.17) is 0 Å². The van der Waals surface area contributed by atoms with Crippen molar-refractivity contribution in [1.82, 2.24) is 10.6 Å². The average Bonchev–Trinajstić information content (AvgIpc) is 2.28. The highest BCUT2D eigenvalue weighted by Crippen LogP contribution is 2.22. The van der Waals surface area contributed by atoms with Gasteiger partial charge in [0.2, 0.25) is 0 Å². The van der Waals surface area contributed by atoms with Gasteiger partial charge in [0.1, 0.15) is 5.75 Å². The van der Waals surface area contributed by atoms with E-state index in [2.05, 4.69) is 17.6 Å². The number of phenols is 1. The maximum Gasteiger partial charge on any atom is 0.255 e. The minimum absolute atomic E-state index is 0.0463. The normalized spacial score (nSPS) is 18.3. The molecule has 0 atom stereocenters. The molecule has 98 valence electrons. The largest absolute Gasteiger partial charge is 0.507 e. The van der Waals surface area contributed by atoms with Crippen LogP contribution in [0.15, 0.2) is 18.2 Å². The Morgan fingerprint density at radius 2 is 2.06 bits per heavy atom. The number of phenolic OH excluding ortho intramolecular Hbond substituents is 1. The number of piperidine rings is 1. The molecule has 0 aromatic heterocycles. The lowest BCUT2D eigenvalue weighted by Crippen LogP contribution is -2.52. The van der Waals surface area contributed by atoms with Gasteiger partial charge in [-0.1, -0.05) is 6.07 Å². The van der Waals surface area contributed by atoms with Gasteiger partial charge in [-0.05, 0) is 57.5 Å². The third-order valence-corrected chi connectivity index (χ3v) is 3.52. The van der Waals surface area contributed by atoms with Crippen LogP contribution in [0.3, 0.4) is 0 Å². The number of aromatic hydroxyl groups is 1. The van der Waals surface area contributed by atoms with Crippen LogP contribution in [-0.2, 0) is 0 Å². The fraction of sp³-hybridized carbons (Fsp3) is 0.500. The van der Waals surface area contributed by atoms with E-state index in [0.717, 1.165) is 31.5 Å². The Morgan fingerprint density at radius 1 is 1.39 bits per heavy atom. The smallest absolute Gasteiger partial charge is 0.255 e. The van der Waals surface area contributed by atoms with Gasteiger partial charge in [-0.3, -0.25) is 4.79 Å². The summed E-state index contributed by atoms with van der Waals surface area (Å²) < 4.78 is 0. The Morgan fingerprint density at radius 3 is 2.67 bits per heavy atom. The molecule has 1 amide bonds. The van der Waals surface area contributed by atoms with Crippen LogP contribution < -0.4 is 10.6 Å². The van der Waals surface area contributed by atoms with Crippen molar-refractivity contribution in [3.63, 3.8) is 0 Å². The molecule has 0 unspecified atom stereocenters. The van der Waals surface area contributed by atoms with Crippen molar-refractivity contribution in [2.75, 3.05) is 13.1 Å². The summed E-state index contributed by atoms with van der Waals surface area (Å²) in [6, 6.07) is 5.11. The molecule has 4 nitrogen and oxygen atoms in total. The van der Waals surface area contributed by atoms with Gasteiger partial charge in [0.05, 0.1) is 5.56 Å². The first kappa shape index (κ1) is 12.9. The lowest BCUT2D eigenvalue weighted by molar-refractivity contribution is 0.0885. The van der Waals surface area contributed by atoms with Crippen molar-refractivity contribution >= 4 is 5.91 Å². The number of rotatable bonds is 2. The molecule has 1 saturated heterocycles. The maximum atomic E-state index is 12.2. The summed E-state index contributed by atoms with van der Waals surface area (Å²) in [5.41, 5.74) is 1.11. The molecule has 3 N–H and O–H groups in total. The minimum Gasteiger partial charge on any atom is -0.507 e. The van der Waals surface area contributed by atoms with E-state index < -0.39 is 0 Å². The van der Waals surface area contributed by atoms with Gasteiger partial charge in [0, 0.05) is 5.54 Å². The molecule has 1 heterocycles. The quantitative estimate of drug-likeness (QED) is 0.744. The summed E-state index contributed by atoms with van der Waals surface area (Å²) in [5, 5.41) is 16.1. The van der Waals surface area contributed by atoms with Crippen LogP contribution in [0.2, 0.25) is 0 Å². The van der Waals surface area contributed by atoms with E-state index in [0.29, 0.717) is 5.56 Å². The molecule has 1 aliphatic heterocycles. The van der Waals surface area contributed by atoms with Gasteiger partial charge in [0.25, 0.3) is 5.91 Å². The Labute approximate surface area is 107 Å². The van der Waals surface area contributed by atoms with E-state index in [1.165, 1.54) is 0 Å². The van der Waals surface area contributed by atoms with Crippen LogP contribution in [-0.4, -0.2) is 29.6 Å². The molecule has 1 fully saturated rings. The molecule has 1 aliphatic rings. The molecule has 1 aromatic carbocycles. The van der Waals surface area contributed by atoms with E-state index in [9.17, 15) is 9.90 Å². The Hall–Kier alpha value is -1.55. The molecule has 0 radical (unpaired) electrons. The standard InChI is InChI=1S/C14H20N2O2/c1-10-3-4-11(12(17)9-10)13(18)16-14(2)5-7-15-8-6-14/h3-4,9,15,17H,5-8H2,1-2H3,(H,16,18). The van der Waals surface area contributed by atoms with Gasteiger partial charge >= 0.3 is 0 Å². The van der Waals surface area contributed by atoms with Crippen molar-refractivity contribution in [2.45, 2.75) is 32.2 Å². The van der Waals surface area contributed by atoms with Crippen molar-refractivity contribution < 1.29 is 9.90 Å². The Balaban J connectivity index is 2.11. The molecule has 1 aromatic rings. The minimum atomic E-state index is -0.197. The molecule has 0 aliphatic carbocycles. The molecule has 2 rings (SSSR count). The topological polar surface area (TPSA) is 61.4 Å². The maximum absolute atomic E-state index is 12.2. The van der Waals surface area contributed by atoms with Gasteiger partial charge in [-0.25, -0.2) is 0 Å². The summed E-state index contributed by atoms with van der Waals surface area (Å²) >= 11 is 0. The molecule has 0 bridgehead atoms. The zero-order chi connectivity index (χ0) is 13.2. The van der Waals surface area contributed by atoms with Gasteiger partial charge < -0.3 is 15.7 Å².